The van der Waals surface area contributed by atoms with Crippen LogP contribution in [0.15, 0.2) is 26.0 Å². The predicted molar refractivity (Wildman–Crippen MR) is 83.7 cm³/mol. The van der Waals surface area contributed by atoms with E-state index in [0.29, 0.717) is 40.9 Å². The van der Waals surface area contributed by atoms with Gasteiger partial charge in [0.15, 0.2) is 0 Å². The van der Waals surface area contributed by atoms with Gasteiger partial charge in [-0.3, -0.25) is 0 Å². The fraction of sp³-hybridized carbons (Fsp3) is 0.364. The van der Waals surface area contributed by atoms with Crippen molar-refractivity contribution in [2.75, 3.05) is 26.2 Å². The largest absolute Gasteiger partial charge is 0.489 e. The van der Waals surface area contributed by atoms with E-state index in [4.69, 9.17) is 9.88 Å². The van der Waals surface area contributed by atoms with Gasteiger partial charge in [-0.25, -0.2) is 18.4 Å². The summed E-state index contributed by atoms with van der Waals surface area (Å²) in [4.78, 5) is 13.0. The highest BCUT2D eigenvalue weighted by molar-refractivity contribution is 9.11. The monoisotopic (exact) mass is 441 g/mol. The van der Waals surface area contributed by atoms with Crippen molar-refractivity contribution in [1.29, 1.82) is 0 Å². The number of nitrogens with one attached hydrogen (secondary N) is 1. The Morgan fingerprint density at radius 1 is 1.33 bits per heavy atom. The zero-order valence-electron chi connectivity index (χ0n) is 10.8. The van der Waals surface area contributed by atoms with E-state index in [1.54, 1.807) is 4.90 Å². The molecule has 1 aromatic rings. The van der Waals surface area contributed by atoms with Crippen LogP contribution in [-0.2, 0) is 10.0 Å². The Hall–Kier alpha value is -0.840. The SMILES string of the molecule is NS(=O)(=O)c1cc(Br)c(OCCN2CCNC2=O)c(Br)c1. The van der Waals surface area contributed by atoms with Crippen LogP contribution in [0, 0.1) is 0 Å². The summed E-state index contributed by atoms with van der Waals surface area (Å²) in [6.07, 6.45) is 0. The van der Waals surface area contributed by atoms with E-state index < -0.39 is 10.0 Å². The molecule has 1 aromatic carbocycles. The maximum absolute atomic E-state index is 11.4. The number of nitrogens with two attached hydrogens (primary N) is 1. The van der Waals surface area contributed by atoms with Crippen molar-refractivity contribution in [2.24, 2.45) is 5.14 Å². The number of benzene rings is 1. The lowest BCUT2D eigenvalue weighted by molar-refractivity contribution is 0.202. The van der Waals surface area contributed by atoms with Gasteiger partial charge in [0.25, 0.3) is 0 Å². The maximum atomic E-state index is 11.4. The topological polar surface area (TPSA) is 102 Å². The molecule has 0 unspecified atom stereocenters. The zero-order chi connectivity index (χ0) is 15.6. The molecule has 1 saturated heterocycles. The number of amides is 2. The minimum absolute atomic E-state index is 0.0208. The van der Waals surface area contributed by atoms with Gasteiger partial charge in [0.05, 0.1) is 20.4 Å². The summed E-state index contributed by atoms with van der Waals surface area (Å²) in [5.41, 5.74) is 0. The number of halogens is 2. The Morgan fingerprint density at radius 2 is 1.95 bits per heavy atom. The van der Waals surface area contributed by atoms with Crippen LogP contribution in [0.25, 0.3) is 0 Å². The molecule has 0 radical (unpaired) electrons. The summed E-state index contributed by atoms with van der Waals surface area (Å²) in [5, 5.41) is 7.78. The summed E-state index contributed by atoms with van der Waals surface area (Å²) < 4.78 is 29.2. The molecule has 3 N–H and O–H groups in total. The number of sulfonamides is 1. The van der Waals surface area contributed by atoms with Crippen molar-refractivity contribution in [3.8, 4) is 5.75 Å². The molecule has 1 heterocycles. The third kappa shape index (κ3) is 4.09. The maximum Gasteiger partial charge on any atom is 0.317 e. The molecule has 2 amide bonds. The van der Waals surface area contributed by atoms with Crippen LogP contribution in [0.1, 0.15) is 0 Å². The van der Waals surface area contributed by atoms with E-state index >= 15 is 0 Å². The second-order valence-corrected chi connectivity index (χ2v) is 7.60. The van der Waals surface area contributed by atoms with Crippen molar-refractivity contribution >= 4 is 47.9 Å². The molecule has 21 heavy (non-hydrogen) atoms. The number of rotatable bonds is 5. The third-order valence-electron chi connectivity index (χ3n) is 2.85. The van der Waals surface area contributed by atoms with Gasteiger partial charge >= 0.3 is 6.03 Å². The van der Waals surface area contributed by atoms with Gasteiger partial charge in [0, 0.05) is 13.1 Å². The molecule has 0 atom stereocenters. The summed E-state index contributed by atoms with van der Waals surface area (Å²) in [6, 6.07) is 2.64. The van der Waals surface area contributed by atoms with Gasteiger partial charge < -0.3 is 15.0 Å². The van der Waals surface area contributed by atoms with Crippen molar-refractivity contribution in [1.82, 2.24) is 10.2 Å². The minimum atomic E-state index is -3.78. The number of ether oxygens (including phenoxy) is 1. The lowest BCUT2D eigenvalue weighted by Crippen LogP contribution is -2.31. The molecular formula is C11H13Br2N3O4S. The van der Waals surface area contributed by atoms with Crippen molar-refractivity contribution in [2.45, 2.75) is 4.90 Å². The first kappa shape index (κ1) is 16.5. The van der Waals surface area contributed by atoms with E-state index in [2.05, 4.69) is 37.2 Å². The first-order chi connectivity index (χ1) is 9.79. The number of hydrogen-bond acceptors (Lipinski definition) is 4. The van der Waals surface area contributed by atoms with E-state index in [-0.39, 0.29) is 10.9 Å². The smallest absolute Gasteiger partial charge is 0.317 e. The van der Waals surface area contributed by atoms with Gasteiger partial charge in [0.1, 0.15) is 12.4 Å². The average molecular weight is 443 g/mol. The fourth-order valence-electron chi connectivity index (χ4n) is 1.82. The van der Waals surface area contributed by atoms with Gasteiger partial charge in [-0.05, 0) is 44.0 Å². The molecule has 1 aliphatic rings. The summed E-state index contributed by atoms with van der Waals surface area (Å²) in [7, 11) is -3.78. The van der Waals surface area contributed by atoms with Gasteiger partial charge in [-0.15, -0.1) is 0 Å². The highest BCUT2D eigenvalue weighted by Gasteiger charge is 2.20. The Balaban J connectivity index is 2.05. The lowest BCUT2D eigenvalue weighted by Gasteiger charge is -2.16. The minimum Gasteiger partial charge on any atom is -0.489 e. The van der Waals surface area contributed by atoms with Crippen molar-refractivity contribution in [3.63, 3.8) is 0 Å². The number of carbonyl (C=O) groups excluding carboxylic acids is 1. The third-order valence-corrected chi connectivity index (χ3v) is 4.92. The van der Waals surface area contributed by atoms with Crippen molar-refractivity contribution in [3.05, 3.63) is 21.1 Å². The second-order valence-electron chi connectivity index (χ2n) is 4.33. The van der Waals surface area contributed by atoms with Crippen LogP contribution in [-0.4, -0.2) is 45.6 Å². The molecular weight excluding hydrogens is 430 g/mol. The molecule has 1 fully saturated rings. The standard InChI is InChI=1S/C11H13Br2N3O4S/c12-8-5-7(21(14,18)19)6-9(13)10(8)20-4-3-16-2-1-15-11(16)17/h5-6H,1-4H2,(H,15,17)(H2,14,18,19). The molecule has 1 aliphatic heterocycles. The molecule has 116 valence electrons. The van der Waals surface area contributed by atoms with Crippen LogP contribution in [0.3, 0.4) is 0 Å². The van der Waals surface area contributed by atoms with E-state index in [9.17, 15) is 13.2 Å². The normalized spacial score (nSPS) is 15.2. The summed E-state index contributed by atoms with van der Waals surface area (Å²) in [6.45, 7) is 2.02. The quantitative estimate of drug-likeness (QED) is 0.716. The first-order valence-electron chi connectivity index (χ1n) is 5.96. The number of hydrogen-bond donors (Lipinski definition) is 2. The van der Waals surface area contributed by atoms with E-state index in [0.717, 1.165) is 0 Å². The van der Waals surface area contributed by atoms with E-state index in [1.165, 1.54) is 12.1 Å². The average Bonchev–Trinajstić information content (AvgIpc) is 2.77. The summed E-state index contributed by atoms with van der Waals surface area (Å²) in [5.74, 6) is 0.460. The van der Waals surface area contributed by atoms with Crippen LogP contribution < -0.4 is 15.2 Å². The number of carbonyl (C=O) groups is 1. The summed E-state index contributed by atoms with van der Waals surface area (Å²) >= 11 is 6.50. The second kappa shape index (κ2) is 6.51. The molecule has 0 aliphatic carbocycles. The molecule has 0 spiro atoms. The highest BCUT2D eigenvalue weighted by Crippen LogP contribution is 2.35. The zero-order valence-corrected chi connectivity index (χ0v) is 14.8. The number of primary sulfonamides is 1. The molecule has 0 bridgehead atoms. The Morgan fingerprint density at radius 3 is 2.43 bits per heavy atom. The molecule has 7 nitrogen and oxygen atoms in total. The van der Waals surface area contributed by atoms with Crippen molar-refractivity contribution < 1.29 is 17.9 Å². The van der Waals surface area contributed by atoms with Crippen LogP contribution in [0.5, 0.6) is 5.75 Å². The number of urea groups is 1. The van der Waals surface area contributed by atoms with Crippen LogP contribution in [0.2, 0.25) is 0 Å². The molecule has 0 aromatic heterocycles. The Labute approximate surface area is 139 Å². The fourth-order valence-corrected chi connectivity index (χ4v) is 4.10. The Bertz CT molecular complexity index is 642. The first-order valence-corrected chi connectivity index (χ1v) is 9.09. The Kier molecular flexibility index (Phi) is 5.12. The van der Waals surface area contributed by atoms with Gasteiger partial charge in [0.2, 0.25) is 10.0 Å². The number of nitrogens with zero attached hydrogens (tertiary/aromatic N) is 1. The molecule has 10 heteroatoms. The highest BCUT2D eigenvalue weighted by atomic mass is 79.9. The van der Waals surface area contributed by atoms with Gasteiger partial charge in [-0.2, -0.15) is 0 Å². The molecule has 2 rings (SSSR count). The van der Waals surface area contributed by atoms with Crippen LogP contribution in [0.4, 0.5) is 4.79 Å². The predicted octanol–water partition coefficient (Wildman–Crippen LogP) is 1.26. The van der Waals surface area contributed by atoms with Gasteiger partial charge in [-0.1, -0.05) is 0 Å². The van der Waals surface area contributed by atoms with Crippen LogP contribution >= 0.6 is 31.9 Å². The van der Waals surface area contributed by atoms with E-state index in [1.807, 2.05) is 0 Å². The molecule has 0 saturated carbocycles. The lowest BCUT2D eigenvalue weighted by atomic mass is 10.3.